The van der Waals surface area contributed by atoms with Crippen LogP contribution in [0.5, 0.6) is 0 Å². The lowest BCUT2D eigenvalue weighted by Gasteiger charge is -2.18. The van der Waals surface area contributed by atoms with Crippen molar-refractivity contribution in [2.75, 3.05) is 0 Å². The van der Waals surface area contributed by atoms with E-state index < -0.39 is 0 Å². The van der Waals surface area contributed by atoms with Gasteiger partial charge in [-0.25, -0.2) is 0 Å². The molecule has 113 heavy (non-hydrogen) atoms. The van der Waals surface area contributed by atoms with E-state index in [9.17, 15) is 0 Å². The molecule has 0 atom stereocenters. The Balaban J connectivity index is 0.764. The number of hydrogen-bond acceptors (Lipinski definition) is 2. The number of nitrogens with zero attached hydrogens (tertiary/aromatic N) is 1. The van der Waals surface area contributed by atoms with Crippen LogP contribution in [0.25, 0.3) is 226 Å². The molecule has 0 unspecified atom stereocenters. The molecule has 3 nitrogen and oxygen atoms in total. The molecule has 0 bridgehead atoms. The molecule has 22 rings (SSSR count). The van der Waals surface area contributed by atoms with Crippen LogP contribution in [0.15, 0.2) is 427 Å². The van der Waals surface area contributed by atoms with Crippen LogP contribution in [0, 0.1) is 0 Å². The fourth-order valence-corrected chi connectivity index (χ4v) is 17.7. The van der Waals surface area contributed by atoms with Gasteiger partial charge in [-0.3, -0.25) is 0 Å². The molecule has 0 aliphatic rings. The lowest BCUT2D eigenvalue weighted by atomic mass is 9.86. The third kappa shape index (κ3) is 11.4. The maximum atomic E-state index is 7.27. The Bertz CT molecular complexity index is 7090. The van der Waals surface area contributed by atoms with Crippen molar-refractivity contribution >= 4 is 87.2 Å². The Kier molecular flexibility index (Phi) is 15.6. The molecule has 19 aromatic carbocycles. The number of furan rings is 2. The molecule has 0 N–H and O–H groups in total. The Morgan fingerprint density at radius 1 is 0.150 bits per heavy atom. The van der Waals surface area contributed by atoms with E-state index in [0.29, 0.717) is 0 Å². The number of aromatic nitrogens is 1. The van der Waals surface area contributed by atoms with Gasteiger partial charge >= 0.3 is 0 Å². The van der Waals surface area contributed by atoms with Gasteiger partial charge in [-0.2, -0.15) is 0 Å². The molecule has 0 spiro atoms. The smallest absolute Gasteiger partial charge is 0.143 e. The summed E-state index contributed by atoms with van der Waals surface area (Å²) in [4.78, 5) is 0. The third-order valence-corrected chi connectivity index (χ3v) is 23.1. The standard InChI is InChI=1S/C110H69NO2/c1-6-24-70(25-7-1)76-34-20-38-80(58-76)84-50-56-105-99(62-84)101-68-88(82-40-22-36-78(60-82)72-28-10-3-11-29-72)66-95(109(101)112-105)86-48-54-103-97(64-86)98-65-87(49-55-104(98)111(103)90-52-46-75(47-53-90)108-93-44-18-16-42-91(93)107(74-32-14-5-15-33-74)92-43-17-19-45-94(92)108)96-67-89(83-41-23-37-79(61-83)73-30-12-4-13-31-73)69-102-100-63-85(51-57-106(100)113-110(96)102)81-39-21-35-77(59-81)71-26-8-2-9-27-71/h1-69H. The van der Waals surface area contributed by atoms with Gasteiger partial charge in [-0.1, -0.05) is 309 Å². The lowest BCUT2D eigenvalue weighted by Crippen LogP contribution is -1.95. The van der Waals surface area contributed by atoms with Gasteiger partial charge in [0.2, 0.25) is 0 Å². The SMILES string of the molecule is c1ccc(-c2cccc(-c3ccc4oc5c(-c6ccc7c(c6)c6cc(-c8cc(-c9cccc(-c%10ccccc%10)c9)cc9c8oc8ccc(-c%10cccc(-c%11ccccc%11)c%10)cc89)ccc6n7-c6ccc(-c7c8ccccc8c(-c8ccccc8)c8ccccc78)cc6)cc(-c6cccc(-c7ccccc7)c6)cc5c4c3)c2)cc1. The zero-order valence-electron chi connectivity index (χ0n) is 61.6. The fourth-order valence-electron chi connectivity index (χ4n) is 17.7. The maximum Gasteiger partial charge on any atom is 0.143 e. The molecule has 0 aliphatic carbocycles. The highest BCUT2D eigenvalue weighted by molar-refractivity contribution is 6.22. The van der Waals surface area contributed by atoms with Crippen molar-refractivity contribution in [3.05, 3.63) is 419 Å². The van der Waals surface area contributed by atoms with Crippen LogP contribution in [0.1, 0.15) is 0 Å². The van der Waals surface area contributed by atoms with Gasteiger partial charge in [0.05, 0.1) is 11.0 Å². The first kappa shape index (κ1) is 65.2. The summed E-state index contributed by atoms with van der Waals surface area (Å²) in [6.45, 7) is 0. The van der Waals surface area contributed by atoms with Gasteiger partial charge in [-0.15, -0.1) is 0 Å². The second-order valence-electron chi connectivity index (χ2n) is 29.8. The molecule has 3 aromatic heterocycles. The quantitative estimate of drug-likeness (QED) is 0.108. The van der Waals surface area contributed by atoms with Crippen molar-refractivity contribution in [3.8, 4) is 139 Å². The van der Waals surface area contributed by atoms with Crippen LogP contribution in [-0.4, -0.2) is 4.57 Å². The van der Waals surface area contributed by atoms with Crippen molar-refractivity contribution in [1.29, 1.82) is 0 Å². The molecule has 3 heteroatoms. The van der Waals surface area contributed by atoms with Crippen LogP contribution in [0.3, 0.4) is 0 Å². The normalized spacial score (nSPS) is 11.7. The number of rotatable bonds is 13. The summed E-state index contributed by atoms with van der Waals surface area (Å²) in [6.07, 6.45) is 0. The summed E-state index contributed by atoms with van der Waals surface area (Å²) in [7, 11) is 0. The van der Waals surface area contributed by atoms with Gasteiger partial charge in [0, 0.05) is 49.1 Å². The number of fused-ring (bicyclic) bond motifs is 11. The van der Waals surface area contributed by atoms with E-state index in [2.05, 4.69) is 423 Å². The highest BCUT2D eigenvalue weighted by atomic mass is 16.3. The Morgan fingerprint density at radius 3 is 0.761 bits per heavy atom. The third-order valence-electron chi connectivity index (χ3n) is 23.1. The van der Waals surface area contributed by atoms with E-state index >= 15 is 0 Å². The van der Waals surface area contributed by atoms with Crippen LogP contribution in [0.2, 0.25) is 0 Å². The van der Waals surface area contributed by atoms with Gasteiger partial charge in [0.1, 0.15) is 22.3 Å². The topological polar surface area (TPSA) is 31.2 Å². The van der Waals surface area contributed by atoms with E-state index in [1.165, 1.54) is 71.6 Å². The molecule has 0 aliphatic heterocycles. The first-order chi connectivity index (χ1) is 56.0. The molecular weight excluding hydrogens is 1370 g/mol. The highest BCUT2D eigenvalue weighted by Gasteiger charge is 2.24. The van der Waals surface area contributed by atoms with Gasteiger partial charge in [0.15, 0.2) is 0 Å². The van der Waals surface area contributed by atoms with Crippen LogP contribution >= 0.6 is 0 Å². The Morgan fingerprint density at radius 2 is 0.407 bits per heavy atom. The molecule has 3 heterocycles. The molecule has 0 fully saturated rings. The van der Waals surface area contributed by atoms with Crippen molar-refractivity contribution < 1.29 is 8.83 Å². The minimum absolute atomic E-state index is 0.831. The van der Waals surface area contributed by atoms with Gasteiger partial charge < -0.3 is 13.4 Å². The molecule has 0 radical (unpaired) electrons. The van der Waals surface area contributed by atoms with Crippen LogP contribution < -0.4 is 0 Å². The summed E-state index contributed by atoms with van der Waals surface area (Å²) in [5, 5.41) is 11.3. The first-order valence-corrected chi connectivity index (χ1v) is 38.8. The summed E-state index contributed by atoms with van der Waals surface area (Å²) in [6, 6.07) is 153. The number of hydrogen-bond donors (Lipinski definition) is 0. The zero-order valence-corrected chi connectivity index (χ0v) is 61.6. The van der Waals surface area contributed by atoms with E-state index in [-0.39, 0.29) is 0 Å². The minimum Gasteiger partial charge on any atom is -0.455 e. The largest absolute Gasteiger partial charge is 0.455 e. The maximum absolute atomic E-state index is 7.27. The van der Waals surface area contributed by atoms with Crippen LogP contribution in [0.4, 0.5) is 0 Å². The fraction of sp³-hybridized carbons (Fsp3) is 0. The Hall–Kier alpha value is -14.9. The Labute approximate surface area is 654 Å². The highest BCUT2D eigenvalue weighted by Crippen LogP contribution is 2.49. The number of benzene rings is 19. The van der Waals surface area contributed by atoms with E-state index in [1.807, 2.05) is 0 Å². The van der Waals surface area contributed by atoms with Gasteiger partial charge in [0.25, 0.3) is 0 Å². The summed E-state index contributed by atoms with van der Waals surface area (Å²) >= 11 is 0. The average molecular weight is 1440 g/mol. The molecule has 22 aromatic rings. The zero-order chi connectivity index (χ0) is 74.5. The van der Waals surface area contributed by atoms with Crippen molar-refractivity contribution in [2.24, 2.45) is 0 Å². The van der Waals surface area contributed by atoms with Crippen molar-refractivity contribution in [3.63, 3.8) is 0 Å². The summed E-state index contributed by atoms with van der Waals surface area (Å²) in [5.41, 5.74) is 33.8. The monoisotopic (exact) mass is 1440 g/mol. The molecule has 0 amide bonds. The average Bonchev–Trinajstić information content (AvgIpc) is 0.919. The predicted octanol–water partition coefficient (Wildman–Crippen LogP) is 30.9. The molecule has 0 saturated heterocycles. The van der Waals surface area contributed by atoms with Crippen LogP contribution in [-0.2, 0) is 0 Å². The molecule has 0 saturated carbocycles. The second-order valence-corrected chi connectivity index (χ2v) is 29.8. The first-order valence-electron chi connectivity index (χ1n) is 38.8. The van der Waals surface area contributed by atoms with Crippen molar-refractivity contribution in [2.45, 2.75) is 0 Å². The predicted molar refractivity (Wildman–Crippen MR) is 476 cm³/mol. The minimum atomic E-state index is 0.831. The van der Waals surface area contributed by atoms with Crippen molar-refractivity contribution in [1.82, 2.24) is 4.57 Å². The summed E-state index contributed by atoms with van der Waals surface area (Å²) in [5.74, 6) is 0. The molecule has 526 valence electrons. The second kappa shape index (κ2) is 27.0. The lowest BCUT2D eigenvalue weighted by molar-refractivity contribution is 0.669. The molecular formula is C110H69NO2. The van der Waals surface area contributed by atoms with E-state index in [0.717, 1.165) is 155 Å². The van der Waals surface area contributed by atoms with Gasteiger partial charge in [-0.05, 0) is 253 Å². The van der Waals surface area contributed by atoms with E-state index in [4.69, 9.17) is 8.83 Å². The summed E-state index contributed by atoms with van der Waals surface area (Å²) < 4.78 is 17.0. The van der Waals surface area contributed by atoms with E-state index in [1.54, 1.807) is 0 Å².